The molecule has 0 radical (unpaired) electrons. The van der Waals surface area contributed by atoms with E-state index < -0.39 is 17.8 Å². The third-order valence-electron chi connectivity index (χ3n) is 2.48. The summed E-state index contributed by atoms with van der Waals surface area (Å²) in [4.78, 5) is 10.7. The zero-order valence-electron chi connectivity index (χ0n) is 8.98. The predicted octanol–water partition coefficient (Wildman–Crippen LogP) is 0.551. The zero-order valence-corrected chi connectivity index (χ0v) is 8.98. The molecular formula is C11H12FNO4. The molecule has 2 rings (SSSR count). The van der Waals surface area contributed by atoms with Crippen molar-refractivity contribution in [3.63, 3.8) is 0 Å². The van der Waals surface area contributed by atoms with Crippen LogP contribution in [0, 0.1) is 5.82 Å². The zero-order chi connectivity index (χ0) is 12.4. The minimum absolute atomic E-state index is 0.0336. The first kappa shape index (κ1) is 11.7. The maximum Gasteiger partial charge on any atom is 0.320 e. The number of hydrogen-bond acceptors (Lipinski definition) is 4. The molecule has 0 saturated heterocycles. The van der Waals surface area contributed by atoms with Crippen LogP contribution in [0.3, 0.4) is 0 Å². The molecule has 0 saturated carbocycles. The first-order valence-electron chi connectivity index (χ1n) is 5.15. The largest absolute Gasteiger partial charge is 0.486 e. The van der Waals surface area contributed by atoms with Crippen molar-refractivity contribution in [3.05, 3.63) is 23.5 Å². The topological polar surface area (TPSA) is 81.8 Å². The number of benzene rings is 1. The lowest BCUT2D eigenvalue weighted by atomic mass is 10.0. The maximum absolute atomic E-state index is 13.4. The van der Waals surface area contributed by atoms with Crippen LogP contribution in [0.2, 0.25) is 0 Å². The highest BCUT2D eigenvalue weighted by Crippen LogP contribution is 2.36. The second kappa shape index (κ2) is 4.58. The minimum Gasteiger partial charge on any atom is -0.486 e. The van der Waals surface area contributed by atoms with E-state index in [-0.39, 0.29) is 24.5 Å². The normalized spacial score (nSPS) is 15.4. The number of carboxylic acids is 1. The van der Waals surface area contributed by atoms with E-state index in [2.05, 4.69) is 0 Å². The highest BCUT2D eigenvalue weighted by molar-refractivity contribution is 5.73. The maximum atomic E-state index is 13.4. The molecule has 0 bridgehead atoms. The third kappa shape index (κ3) is 2.31. The number of carboxylic acid groups (broad SMARTS) is 1. The van der Waals surface area contributed by atoms with Crippen molar-refractivity contribution < 1.29 is 23.8 Å². The highest BCUT2D eigenvalue weighted by atomic mass is 19.1. The standard InChI is InChI=1S/C11H12FNO4/c12-7-2-1-6(5-8(13)11(14)15)9-10(7)17-4-3-16-9/h1-2,8H,3-5,13H2,(H,14,15). The Kier molecular flexibility index (Phi) is 3.14. The van der Waals surface area contributed by atoms with Crippen molar-refractivity contribution in [2.75, 3.05) is 13.2 Å². The quantitative estimate of drug-likeness (QED) is 0.807. The number of nitrogens with two attached hydrogens (primary N) is 1. The summed E-state index contributed by atoms with van der Waals surface area (Å²) in [6.45, 7) is 0.587. The van der Waals surface area contributed by atoms with Gasteiger partial charge in [0.1, 0.15) is 19.3 Å². The molecule has 5 nitrogen and oxygen atoms in total. The molecule has 6 heteroatoms. The molecule has 0 amide bonds. The van der Waals surface area contributed by atoms with E-state index >= 15 is 0 Å². The Labute approximate surface area is 96.9 Å². The van der Waals surface area contributed by atoms with Crippen LogP contribution in [0.1, 0.15) is 5.56 Å². The first-order valence-corrected chi connectivity index (χ1v) is 5.15. The second-order valence-electron chi connectivity index (χ2n) is 3.71. The van der Waals surface area contributed by atoms with Crippen LogP contribution in [0.4, 0.5) is 4.39 Å². The van der Waals surface area contributed by atoms with Crippen LogP contribution in [0.15, 0.2) is 12.1 Å². The van der Waals surface area contributed by atoms with E-state index in [1.54, 1.807) is 0 Å². The van der Waals surface area contributed by atoms with Crippen LogP contribution in [0.5, 0.6) is 11.5 Å². The van der Waals surface area contributed by atoms with Crippen molar-refractivity contribution >= 4 is 5.97 Å². The van der Waals surface area contributed by atoms with Crippen LogP contribution >= 0.6 is 0 Å². The van der Waals surface area contributed by atoms with E-state index in [9.17, 15) is 9.18 Å². The summed E-state index contributed by atoms with van der Waals surface area (Å²) < 4.78 is 23.8. The number of fused-ring (bicyclic) bond motifs is 1. The van der Waals surface area contributed by atoms with Gasteiger partial charge < -0.3 is 20.3 Å². The Hall–Kier alpha value is -1.82. The Morgan fingerprint density at radius 1 is 1.41 bits per heavy atom. The van der Waals surface area contributed by atoms with Gasteiger partial charge in [0.2, 0.25) is 0 Å². The number of aliphatic carboxylic acids is 1. The number of rotatable bonds is 3. The molecule has 1 atom stereocenters. The van der Waals surface area contributed by atoms with Gasteiger partial charge in [0.15, 0.2) is 17.3 Å². The van der Waals surface area contributed by atoms with Crippen LogP contribution in [-0.2, 0) is 11.2 Å². The van der Waals surface area contributed by atoms with Gasteiger partial charge in [0.25, 0.3) is 0 Å². The third-order valence-corrected chi connectivity index (χ3v) is 2.48. The number of halogens is 1. The molecule has 92 valence electrons. The van der Waals surface area contributed by atoms with Crippen LogP contribution in [-0.4, -0.2) is 30.3 Å². The van der Waals surface area contributed by atoms with Crippen LogP contribution < -0.4 is 15.2 Å². The van der Waals surface area contributed by atoms with Gasteiger partial charge in [0.05, 0.1) is 0 Å². The van der Waals surface area contributed by atoms with E-state index in [0.717, 1.165) is 0 Å². The lowest BCUT2D eigenvalue weighted by Crippen LogP contribution is -2.32. The van der Waals surface area contributed by atoms with Gasteiger partial charge in [-0.1, -0.05) is 6.07 Å². The lowest BCUT2D eigenvalue weighted by molar-refractivity contribution is -0.138. The molecular weight excluding hydrogens is 229 g/mol. The monoisotopic (exact) mass is 241 g/mol. The van der Waals surface area contributed by atoms with Gasteiger partial charge in [-0.3, -0.25) is 4.79 Å². The summed E-state index contributed by atoms with van der Waals surface area (Å²) in [5, 5.41) is 8.73. The number of carbonyl (C=O) groups is 1. The van der Waals surface area contributed by atoms with Gasteiger partial charge in [-0.05, 0) is 6.07 Å². The highest BCUT2D eigenvalue weighted by Gasteiger charge is 2.23. The fraction of sp³-hybridized carbons (Fsp3) is 0.364. The van der Waals surface area contributed by atoms with Gasteiger partial charge in [0, 0.05) is 12.0 Å². The van der Waals surface area contributed by atoms with Crippen molar-refractivity contribution in [2.24, 2.45) is 5.73 Å². The van der Waals surface area contributed by atoms with Gasteiger partial charge in [-0.2, -0.15) is 0 Å². The Morgan fingerprint density at radius 3 is 2.71 bits per heavy atom. The Bertz CT molecular complexity index is 449. The molecule has 0 aliphatic carbocycles. The van der Waals surface area contributed by atoms with Gasteiger partial charge in [-0.25, -0.2) is 4.39 Å². The molecule has 0 spiro atoms. The molecule has 1 aromatic carbocycles. The summed E-state index contributed by atoms with van der Waals surface area (Å²) >= 11 is 0. The molecule has 1 aliphatic heterocycles. The van der Waals surface area contributed by atoms with E-state index in [4.69, 9.17) is 20.3 Å². The summed E-state index contributed by atoms with van der Waals surface area (Å²) in [6.07, 6.45) is 0.0707. The number of ether oxygens (including phenoxy) is 2. The Balaban J connectivity index is 2.32. The van der Waals surface area contributed by atoms with Gasteiger partial charge >= 0.3 is 5.97 Å². The first-order chi connectivity index (χ1) is 8.09. The van der Waals surface area contributed by atoms with Crippen LogP contribution in [0.25, 0.3) is 0 Å². The van der Waals surface area contributed by atoms with Crippen molar-refractivity contribution in [1.29, 1.82) is 0 Å². The fourth-order valence-electron chi connectivity index (χ4n) is 1.64. The molecule has 1 heterocycles. The minimum atomic E-state index is -1.11. The molecule has 17 heavy (non-hydrogen) atoms. The van der Waals surface area contributed by atoms with Crippen molar-refractivity contribution in [1.82, 2.24) is 0 Å². The Morgan fingerprint density at radius 2 is 2.06 bits per heavy atom. The summed E-state index contributed by atoms with van der Waals surface area (Å²) in [6, 6.07) is 1.64. The predicted molar refractivity (Wildman–Crippen MR) is 56.7 cm³/mol. The van der Waals surface area contributed by atoms with Crippen molar-refractivity contribution in [2.45, 2.75) is 12.5 Å². The average Bonchev–Trinajstić information content (AvgIpc) is 2.33. The van der Waals surface area contributed by atoms with Crippen molar-refractivity contribution in [3.8, 4) is 11.5 Å². The summed E-state index contributed by atoms with van der Waals surface area (Å²) in [5.74, 6) is -1.34. The van der Waals surface area contributed by atoms with E-state index in [1.165, 1.54) is 12.1 Å². The number of hydrogen-bond donors (Lipinski definition) is 2. The molecule has 1 aliphatic rings. The molecule has 1 unspecified atom stereocenters. The smallest absolute Gasteiger partial charge is 0.320 e. The molecule has 3 N–H and O–H groups in total. The van der Waals surface area contributed by atoms with Gasteiger partial charge in [-0.15, -0.1) is 0 Å². The summed E-state index contributed by atoms with van der Waals surface area (Å²) in [7, 11) is 0. The molecule has 0 fully saturated rings. The molecule has 1 aromatic rings. The van der Waals surface area contributed by atoms with E-state index in [0.29, 0.717) is 12.2 Å². The fourth-order valence-corrected chi connectivity index (χ4v) is 1.64. The summed E-state index contributed by atoms with van der Waals surface area (Å²) in [5.41, 5.74) is 5.97. The average molecular weight is 241 g/mol. The second-order valence-corrected chi connectivity index (χ2v) is 3.71. The SMILES string of the molecule is NC(Cc1ccc(F)c2c1OCCO2)C(=O)O. The molecule has 0 aromatic heterocycles. The lowest BCUT2D eigenvalue weighted by Gasteiger charge is -2.22. The van der Waals surface area contributed by atoms with E-state index in [1.807, 2.05) is 0 Å².